The molecule has 1 aromatic rings. The number of thioether (sulfide) groups is 1. The first-order valence-electron chi connectivity index (χ1n) is 4.32. The van der Waals surface area contributed by atoms with E-state index in [-0.39, 0.29) is 16.6 Å². The van der Waals surface area contributed by atoms with Crippen molar-refractivity contribution in [3.8, 4) is 0 Å². The SMILES string of the molecule is CC(CC(=O)O)Sc1cc(F)ccc1F. The van der Waals surface area contributed by atoms with E-state index >= 15 is 0 Å². The second kappa shape index (κ2) is 5.11. The molecule has 1 atom stereocenters. The third kappa shape index (κ3) is 3.87. The molecule has 0 aromatic heterocycles. The van der Waals surface area contributed by atoms with Gasteiger partial charge in [-0.25, -0.2) is 8.78 Å². The first kappa shape index (κ1) is 12.0. The highest BCUT2D eigenvalue weighted by Crippen LogP contribution is 2.28. The van der Waals surface area contributed by atoms with Gasteiger partial charge in [-0.15, -0.1) is 11.8 Å². The van der Waals surface area contributed by atoms with Crippen LogP contribution in [0.25, 0.3) is 0 Å². The van der Waals surface area contributed by atoms with E-state index in [0.717, 1.165) is 30.0 Å². The molecule has 82 valence electrons. The molecule has 0 spiro atoms. The molecule has 0 heterocycles. The van der Waals surface area contributed by atoms with Crippen molar-refractivity contribution in [3.05, 3.63) is 29.8 Å². The van der Waals surface area contributed by atoms with Crippen LogP contribution < -0.4 is 0 Å². The fraction of sp³-hybridized carbons (Fsp3) is 0.300. The van der Waals surface area contributed by atoms with Gasteiger partial charge in [0.05, 0.1) is 6.42 Å². The first-order valence-corrected chi connectivity index (χ1v) is 5.20. The Kier molecular flexibility index (Phi) is 4.08. The molecule has 0 bridgehead atoms. The summed E-state index contributed by atoms with van der Waals surface area (Å²) in [6.45, 7) is 1.66. The predicted octanol–water partition coefficient (Wildman–Crippen LogP) is 2.92. The highest BCUT2D eigenvalue weighted by atomic mass is 32.2. The molecule has 0 amide bonds. The normalized spacial score (nSPS) is 12.5. The topological polar surface area (TPSA) is 37.3 Å². The average Bonchev–Trinajstić information content (AvgIpc) is 2.10. The van der Waals surface area contributed by atoms with Crippen LogP contribution in [0.15, 0.2) is 23.1 Å². The molecule has 2 nitrogen and oxygen atoms in total. The summed E-state index contributed by atoms with van der Waals surface area (Å²) < 4.78 is 25.9. The second-order valence-corrected chi connectivity index (χ2v) is 4.58. The van der Waals surface area contributed by atoms with E-state index in [0.29, 0.717) is 0 Å². The van der Waals surface area contributed by atoms with Crippen LogP contribution in [0, 0.1) is 11.6 Å². The molecule has 0 radical (unpaired) electrons. The number of carboxylic acids is 1. The van der Waals surface area contributed by atoms with Crippen molar-refractivity contribution in [1.29, 1.82) is 0 Å². The maximum atomic E-state index is 13.1. The van der Waals surface area contributed by atoms with Gasteiger partial charge in [-0.3, -0.25) is 4.79 Å². The molecule has 0 aliphatic heterocycles. The van der Waals surface area contributed by atoms with E-state index in [1.54, 1.807) is 6.92 Å². The summed E-state index contributed by atoms with van der Waals surface area (Å²) in [5, 5.41) is 8.21. The zero-order chi connectivity index (χ0) is 11.4. The Hall–Kier alpha value is -1.10. The molecular formula is C10H10F2O2S. The highest BCUT2D eigenvalue weighted by molar-refractivity contribution is 8.00. The van der Waals surface area contributed by atoms with Crippen molar-refractivity contribution in [2.24, 2.45) is 0 Å². The minimum atomic E-state index is -0.952. The predicted molar refractivity (Wildman–Crippen MR) is 53.9 cm³/mol. The van der Waals surface area contributed by atoms with Gasteiger partial charge in [0.15, 0.2) is 0 Å². The summed E-state index contributed by atoms with van der Waals surface area (Å²) in [5.74, 6) is -2.01. The van der Waals surface area contributed by atoms with Gasteiger partial charge in [0.1, 0.15) is 11.6 Å². The molecule has 0 saturated carbocycles. The van der Waals surface area contributed by atoms with Crippen molar-refractivity contribution < 1.29 is 18.7 Å². The Morgan fingerprint density at radius 3 is 2.80 bits per heavy atom. The summed E-state index contributed by atoms with van der Waals surface area (Å²) in [6.07, 6.45) is -0.0827. The van der Waals surface area contributed by atoms with E-state index in [4.69, 9.17) is 5.11 Å². The van der Waals surface area contributed by atoms with E-state index in [2.05, 4.69) is 0 Å². The highest BCUT2D eigenvalue weighted by Gasteiger charge is 2.12. The van der Waals surface area contributed by atoms with Gasteiger partial charge in [-0.05, 0) is 18.2 Å². The summed E-state index contributed by atoms with van der Waals surface area (Å²) in [6, 6.07) is 3.13. The minimum Gasteiger partial charge on any atom is -0.481 e. The van der Waals surface area contributed by atoms with Crippen LogP contribution in [-0.2, 0) is 4.79 Å². The van der Waals surface area contributed by atoms with E-state index in [1.807, 2.05) is 0 Å². The van der Waals surface area contributed by atoms with Crippen molar-refractivity contribution >= 4 is 17.7 Å². The van der Waals surface area contributed by atoms with Gasteiger partial charge in [-0.2, -0.15) is 0 Å². The van der Waals surface area contributed by atoms with Crippen LogP contribution in [0.3, 0.4) is 0 Å². The fourth-order valence-electron chi connectivity index (χ4n) is 1.07. The molecule has 15 heavy (non-hydrogen) atoms. The lowest BCUT2D eigenvalue weighted by molar-refractivity contribution is -0.136. The van der Waals surface area contributed by atoms with Crippen LogP contribution in [0.5, 0.6) is 0 Å². The van der Waals surface area contributed by atoms with Gasteiger partial charge < -0.3 is 5.11 Å². The molecule has 0 aliphatic carbocycles. The monoisotopic (exact) mass is 232 g/mol. The van der Waals surface area contributed by atoms with E-state index in [1.165, 1.54) is 0 Å². The van der Waals surface area contributed by atoms with Gasteiger partial charge in [0.2, 0.25) is 0 Å². The van der Waals surface area contributed by atoms with Crippen LogP contribution in [-0.4, -0.2) is 16.3 Å². The summed E-state index contributed by atoms with van der Waals surface area (Å²) in [5.41, 5.74) is 0. The van der Waals surface area contributed by atoms with E-state index in [9.17, 15) is 13.6 Å². The number of halogens is 2. The molecule has 0 aliphatic rings. The summed E-state index contributed by atoms with van der Waals surface area (Å²) in [7, 11) is 0. The number of aliphatic carboxylic acids is 1. The number of hydrogen-bond acceptors (Lipinski definition) is 2. The third-order valence-corrected chi connectivity index (χ3v) is 2.82. The number of carbonyl (C=O) groups is 1. The Labute approximate surface area is 90.3 Å². The second-order valence-electron chi connectivity index (χ2n) is 3.10. The largest absolute Gasteiger partial charge is 0.481 e. The minimum absolute atomic E-state index is 0.0827. The van der Waals surface area contributed by atoms with Crippen LogP contribution in [0.1, 0.15) is 13.3 Å². The van der Waals surface area contributed by atoms with Crippen molar-refractivity contribution in [1.82, 2.24) is 0 Å². The van der Waals surface area contributed by atoms with Crippen molar-refractivity contribution in [3.63, 3.8) is 0 Å². The lowest BCUT2D eigenvalue weighted by Gasteiger charge is -2.08. The Morgan fingerprint density at radius 2 is 2.20 bits per heavy atom. The van der Waals surface area contributed by atoms with E-state index < -0.39 is 17.6 Å². The average molecular weight is 232 g/mol. The quantitative estimate of drug-likeness (QED) is 0.811. The maximum absolute atomic E-state index is 13.1. The maximum Gasteiger partial charge on any atom is 0.304 e. The summed E-state index contributed by atoms with van der Waals surface area (Å²) >= 11 is 1.02. The molecule has 1 rings (SSSR count). The molecule has 1 aromatic carbocycles. The van der Waals surface area contributed by atoms with Gasteiger partial charge in [-0.1, -0.05) is 6.92 Å². The van der Waals surface area contributed by atoms with Crippen molar-refractivity contribution in [2.45, 2.75) is 23.5 Å². The lowest BCUT2D eigenvalue weighted by atomic mass is 10.3. The number of carboxylic acid groups (broad SMARTS) is 1. The van der Waals surface area contributed by atoms with Gasteiger partial charge in [0, 0.05) is 10.1 Å². The number of hydrogen-bond donors (Lipinski definition) is 1. The number of benzene rings is 1. The Balaban J connectivity index is 2.71. The standard InChI is InChI=1S/C10H10F2O2S/c1-6(4-10(13)14)15-9-5-7(11)2-3-8(9)12/h2-3,5-6H,4H2,1H3,(H,13,14). The van der Waals surface area contributed by atoms with Crippen LogP contribution in [0.2, 0.25) is 0 Å². The van der Waals surface area contributed by atoms with Gasteiger partial charge in [0.25, 0.3) is 0 Å². The molecular weight excluding hydrogens is 222 g/mol. The lowest BCUT2D eigenvalue weighted by Crippen LogP contribution is -2.05. The Morgan fingerprint density at radius 1 is 1.53 bits per heavy atom. The summed E-state index contributed by atoms with van der Waals surface area (Å²) in [4.78, 5) is 10.5. The van der Waals surface area contributed by atoms with Crippen LogP contribution in [0.4, 0.5) is 8.78 Å². The smallest absolute Gasteiger partial charge is 0.304 e. The molecule has 5 heteroatoms. The third-order valence-electron chi connectivity index (χ3n) is 1.68. The molecule has 0 fully saturated rings. The first-order chi connectivity index (χ1) is 6.99. The molecule has 1 N–H and O–H groups in total. The van der Waals surface area contributed by atoms with Crippen LogP contribution >= 0.6 is 11.8 Å². The fourth-order valence-corrected chi connectivity index (χ4v) is 2.09. The molecule has 1 unspecified atom stereocenters. The zero-order valence-electron chi connectivity index (χ0n) is 8.04. The Bertz CT molecular complexity index is 368. The zero-order valence-corrected chi connectivity index (χ0v) is 8.85. The molecule has 0 saturated heterocycles. The van der Waals surface area contributed by atoms with Gasteiger partial charge >= 0.3 is 5.97 Å². The van der Waals surface area contributed by atoms with Crippen molar-refractivity contribution in [2.75, 3.05) is 0 Å². The number of rotatable bonds is 4.